The van der Waals surface area contributed by atoms with Gasteiger partial charge in [-0.05, 0) is 12.1 Å². The molecule has 1 heterocycles. The van der Waals surface area contributed by atoms with Crippen LogP contribution in [0.4, 0.5) is 0 Å². The number of aromatic nitrogens is 3. The molecule has 5 heteroatoms. The van der Waals surface area contributed by atoms with Crippen LogP contribution in [0.3, 0.4) is 0 Å². The molecule has 0 radical (unpaired) electrons. The number of rotatable bonds is 4. The summed E-state index contributed by atoms with van der Waals surface area (Å²) in [5.41, 5.74) is 8.28. The summed E-state index contributed by atoms with van der Waals surface area (Å²) in [5.74, 6) is 0. The molecule has 88 valence electrons. The summed E-state index contributed by atoms with van der Waals surface area (Å²) in [5, 5.41) is 8.79. The van der Waals surface area contributed by atoms with E-state index in [1.54, 1.807) is 10.8 Å². The molecule has 0 aliphatic carbocycles. The number of allylic oxidation sites excluding steroid dienone is 1. The van der Waals surface area contributed by atoms with Gasteiger partial charge < -0.3 is 5.73 Å². The molecule has 0 saturated carbocycles. The van der Waals surface area contributed by atoms with E-state index in [1.807, 2.05) is 24.3 Å². The zero-order chi connectivity index (χ0) is 12.3. The molecule has 0 amide bonds. The maximum Gasteiger partial charge on any atom is 0.104 e. The second-order valence-corrected chi connectivity index (χ2v) is 4.01. The van der Waals surface area contributed by atoms with Gasteiger partial charge in [0.05, 0.1) is 12.2 Å². The number of nitrogens with zero attached hydrogens (tertiary/aromatic N) is 3. The van der Waals surface area contributed by atoms with Crippen molar-refractivity contribution in [2.75, 3.05) is 0 Å². The fourth-order valence-electron chi connectivity index (χ4n) is 1.69. The molecule has 0 fully saturated rings. The van der Waals surface area contributed by atoms with Crippen LogP contribution in [0.2, 0.25) is 5.02 Å². The zero-order valence-corrected chi connectivity index (χ0v) is 10.1. The number of halogens is 1. The lowest BCUT2D eigenvalue weighted by Gasteiger charge is -2.06. The van der Waals surface area contributed by atoms with Crippen LogP contribution in [-0.2, 0) is 13.1 Å². The van der Waals surface area contributed by atoms with E-state index in [0.717, 1.165) is 17.0 Å². The Labute approximate surface area is 105 Å². The second kappa shape index (κ2) is 5.12. The van der Waals surface area contributed by atoms with Gasteiger partial charge in [0, 0.05) is 17.1 Å². The topological polar surface area (TPSA) is 56.7 Å². The van der Waals surface area contributed by atoms with Crippen molar-refractivity contribution < 1.29 is 0 Å². The lowest BCUT2D eigenvalue weighted by Crippen LogP contribution is -2.03. The fraction of sp³-hybridized carbons (Fsp3) is 0.167. The third kappa shape index (κ3) is 2.38. The molecule has 17 heavy (non-hydrogen) atoms. The molecule has 2 rings (SSSR count). The molecule has 0 aliphatic heterocycles. The van der Waals surface area contributed by atoms with Gasteiger partial charge in [-0.1, -0.05) is 35.0 Å². The van der Waals surface area contributed by atoms with Gasteiger partial charge in [0.15, 0.2) is 0 Å². The Morgan fingerprint density at radius 1 is 1.47 bits per heavy atom. The first kappa shape index (κ1) is 11.8. The average molecular weight is 249 g/mol. The summed E-state index contributed by atoms with van der Waals surface area (Å²) in [6.45, 7) is 4.64. The van der Waals surface area contributed by atoms with E-state index < -0.39 is 0 Å². The minimum Gasteiger partial charge on any atom is -0.325 e. The van der Waals surface area contributed by atoms with E-state index in [9.17, 15) is 0 Å². The molecule has 2 N–H and O–H groups in total. The third-order valence-corrected chi connectivity index (χ3v) is 2.63. The first-order valence-electron chi connectivity index (χ1n) is 5.25. The van der Waals surface area contributed by atoms with Crippen LogP contribution in [0.15, 0.2) is 36.9 Å². The summed E-state index contributed by atoms with van der Waals surface area (Å²) in [4.78, 5) is 0. The van der Waals surface area contributed by atoms with Crippen LogP contribution in [0.25, 0.3) is 11.3 Å². The molecule has 0 unspecified atom stereocenters. The van der Waals surface area contributed by atoms with E-state index in [0.29, 0.717) is 18.1 Å². The number of hydrogen-bond donors (Lipinski definition) is 1. The Morgan fingerprint density at radius 2 is 2.29 bits per heavy atom. The van der Waals surface area contributed by atoms with Crippen LogP contribution >= 0.6 is 11.6 Å². The number of nitrogens with two attached hydrogens (primary N) is 1. The van der Waals surface area contributed by atoms with Gasteiger partial charge >= 0.3 is 0 Å². The summed E-state index contributed by atoms with van der Waals surface area (Å²) in [6.07, 6.45) is 1.77. The van der Waals surface area contributed by atoms with Crippen LogP contribution in [0, 0.1) is 0 Å². The van der Waals surface area contributed by atoms with Gasteiger partial charge in [-0.15, -0.1) is 11.7 Å². The highest BCUT2D eigenvalue weighted by molar-refractivity contribution is 6.30. The van der Waals surface area contributed by atoms with Crippen molar-refractivity contribution in [3.8, 4) is 11.3 Å². The van der Waals surface area contributed by atoms with E-state index >= 15 is 0 Å². The summed E-state index contributed by atoms with van der Waals surface area (Å²) >= 11 is 5.99. The van der Waals surface area contributed by atoms with Crippen molar-refractivity contribution in [3.63, 3.8) is 0 Å². The predicted molar refractivity (Wildman–Crippen MR) is 68.6 cm³/mol. The van der Waals surface area contributed by atoms with Crippen LogP contribution in [0.5, 0.6) is 0 Å². The highest BCUT2D eigenvalue weighted by Crippen LogP contribution is 2.24. The summed E-state index contributed by atoms with van der Waals surface area (Å²) in [7, 11) is 0. The van der Waals surface area contributed by atoms with Crippen molar-refractivity contribution >= 4 is 11.6 Å². The smallest absolute Gasteiger partial charge is 0.104 e. The molecule has 4 nitrogen and oxygen atoms in total. The van der Waals surface area contributed by atoms with E-state index in [-0.39, 0.29) is 0 Å². The first-order chi connectivity index (χ1) is 8.26. The minimum absolute atomic E-state index is 0.346. The van der Waals surface area contributed by atoms with Gasteiger partial charge in [0.1, 0.15) is 5.69 Å². The van der Waals surface area contributed by atoms with Crippen molar-refractivity contribution in [3.05, 3.63) is 47.6 Å². The molecule has 0 saturated heterocycles. The van der Waals surface area contributed by atoms with Crippen molar-refractivity contribution in [2.24, 2.45) is 5.73 Å². The minimum atomic E-state index is 0.346. The van der Waals surface area contributed by atoms with E-state index in [1.165, 1.54) is 0 Å². The molecule has 0 aliphatic rings. The lowest BCUT2D eigenvalue weighted by atomic mass is 10.1. The van der Waals surface area contributed by atoms with E-state index in [2.05, 4.69) is 16.9 Å². The quantitative estimate of drug-likeness (QED) is 0.845. The number of hydrogen-bond acceptors (Lipinski definition) is 3. The molecular formula is C12H13ClN4. The molecule has 2 aromatic rings. The van der Waals surface area contributed by atoms with Crippen LogP contribution in [0.1, 0.15) is 5.69 Å². The highest BCUT2D eigenvalue weighted by Gasteiger charge is 2.13. The van der Waals surface area contributed by atoms with Gasteiger partial charge in [0.2, 0.25) is 0 Å². The van der Waals surface area contributed by atoms with Crippen molar-refractivity contribution in [2.45, 2.75) is 13.1 Å². The summed E-state index contributed by atoms with van der Waals surface area (Å²) < 4.78 is 1.76. The normalized spacial score (nSPS) is 10.5. The Bertz CT molecular complexity index is 533. The zero-order valence-electron chi connectivity index (χ0n) is 9.31. The lowest BCUT2D eigenvalue weighted by molar-refractivity contribution is 0.667. The fourth-order valence-corrected chi connectivity index (χ4v) is 1.88. The van der Waals surface area contributed by atoms with Gasteiger partial charge in [0.25, 0.3) is 0 Å². The molecule has 1 aromatic carbocycles. The Kier molecular flexibility index (Phi) is 3.56. The van der Waals surface area contributed by atoms with Gasteiger partial charge in [-0.2, -0.15) is 0 Å². The first-order valence-corrected chi connectivity index (χ1v) is 5.63. The second-order valence-electron chi connectivity index (χ2n) is 3.57. The van der Waals surface area contributed by atoms with Gasteiger partial charge in [-0.3, -0.25) is 0 Å². The SMILES string of the molecule is C=CCn1nnc(CN)c1-c1cccc(Cl)c1. The maximum atomic E-state index is 5.99. The summed E-state index contributed by atoms with van der Waals surface area (Å²) in [6, 6.07) is 7.56. The van der Waals surface area contributed by atoms with Crippen LogP contribution < -0.4 is 5.73 Å². The largest absolute Gasteiger partial charge is 0.325 e. The average Bonchev–Trinajstić information content (AvgIpc) is 2.72. The standard InChI is InChI=1S/C12H13ClN4/c1-2-6-17-12(11(8-14)15-16-17)9-4-3-5-10(13)7-9/h2-5,7H,1,6,8,14H2. The molecule has 0 bridgehead atoms. The van der Waals surface area contributed by atoms with Crippen LogP contribution in [-0.4, -0.2) is 15.0 Å². The predicted octanol–water partition coefficient (Wildman–Crippen LogP) is 2.24. The molecule has 0 atom stereocenters. The molecule has 1 aromatic heterocycles. The molecular weight excluding hydrogens is 236 g/mol. The Hall–Kier alpha value is -1.65. The third-order valence-electron chi connectivity index (χ3n) is 2.40. The van der Waals surface area contributed by atoms with Crippen molar-refractivity contribution in [1.29, 1.82) is 0 Å². The Balaban J connectivity index is 2.55. The molecule has 0 spiro atoms. The van der Waals surface area contributed by atoms with Gasteiger partial charge in [-0.25, -0.2) is 4.68 Å². The van der Waals surface area contributed by atoms with E-state index in [4.69, 9.17) is 17.3 Å². The van der Waals surface area contributed by atoms with Crippen molar-refractivity contribution in [1.82, 2.24) is 15.0 Å². The highest BCUT2D eigenvalue weighted by atomic mass is 35.5. The Morgan fingerprint density at radius 3 is 2.94 bits per heavy atom. The number of benzene rings is 1. The monoisotopic (exact) mass is 248 g/mol. The maximum absolute atomic E-state index is 5.99.